The molecule has 0 radical (unpaired) electrons. The van der Waals surface area contributed by atoms with Crippen molar-refractivity contribution in [2.75, 3.05) is 6.61 Å². The van der Waals surface area contributed by atoms with Gasteiger partial charge in [0.15, 0.2) is 0 Å². The Balaban J connectivity index is 1.83. The highest BCUT2D eigenvalue weighted by atomic mass is 16.5. The molecular weight excluding hydrogens is 294 g/mol. The van der Waals surface area contributed by atoms with E-state index < -0.39 is 11.9 Å². The smallest absolute Gasteiger partial charge is 0.312 e. The first-order chi connectivity index (χ1) is 11.1. The maximum atomic E-state index is 12.6. The second-order valence-corrected chi connectivity index (χ2v) is 5.43. The number of rotatable bonds is 6. The third-order valence-electron chi connectivity index (χ3n) is 4.03. The van der Waals surface area contributed by atoms with Crippen molar-refractivity contribution in [1.82, 2.24) is 4.57 Å². The third kappa shape index (κ3) is 2.77. The second-order valence-electron chi connectivity index (χ2n) is 5.43. The summed E-state index contributed by atoms with van der Waals surface area (Å²) >= 11 is 0. The Labute approximate surface area is 133 Å². The van der Waals surface area contributed by atoms with Gasteiger partial charge in [0.2, 0.25) is 5.78 Å². The minimum atomic E-state index is -0.843. The first-order valence-corrected chi connectivity index (χ1v) is 7.42. The van der Waals surface area contributed by atoms with Gasteiger partial charge in [0, 0.05) is 17.8 Å². The van der Waals surface area contributed by atoms with Crippen molar-refractivity contribution in [1.29, 1.82) is 0 Å². The fourth-order valence-corrected chi connectivity index (χ4v) is 2.90. The number of ether oxygens (including phenoxy) is 1. The van der Waals surface area contributed by atoms with E-state index in [9.17, 15) is 14.7 Å². The van der Waals surface area contributed by atoms with Gasteiger partial charge < -0.3 is 14.4 Å². The molecule has 1 atom stereocenters. The molecule has 0 fully saturated rings. The van der Waals surface area contributed by atoms with Crippen LogP contribution in [0.15, 0.2) is 49.1 Å². The van der Waals surface area contributed by atoms with Crippen LogP contribution in [-0.4, -0.2) is 28.0 Å². The van der Waals surface area contributed by atoms with Crippen LogP contribution in [0.3, 0.4) is 0 Å². The monoisotopic (exact) mass is 311 g/mol. The molecule has 3 rings (SSSR count). The molecule has 0 amide bonds. The van der Waals surface area contributed by atoms with Crippen molar-refractivity contribution in [3.05, 3.63) is 66.0 Å². The van der Waals surface area contributed by atoms with E-state index in [-0.39, 0.29) is 5.78 Å². The summed E-state index contributed by atoms with van der Waals surface area (Å²) in [7, 11) is 0. The molecule has 0 saturated heterocycles. The molecule has 118 valence electrons. The number of carboxylic acid groups (broad SMARTS) is 1. The minimum Gasteiger partial charge on any atom is -0.490 e. The molecule has 1 unspecified atom stereocenters. The molecule has 2 aromatic rings. The molecule has 0 saturated carbocycles. The number of carbonyl (C=O) groups excluding carboxylic acids is 1. The van der Waals surface area contributed by atoms with Gasteiger partial charge >= 0.3 is 5.97 Å². The maximum Gasteiger partial charge on any atom is 0.312 e. The Kier molecular flexibility index (Phi) is 4.02. The quantitative estimate of drug-likeness (QED) is 0.658. The molecule has 5 nitrogen and oxygen atoms in total. The third-order valence-corrected chi connectivity index (χ3v) is 4.03. The fraction of sp³-hybridized carbons (Fsp3) is 0.222. The first-order valence-electron chi connectivity index (χ1n) is 7.42. The summed E-state index contributed by atoms with van der Waals surface area (Å²) in [5.74, 6) is -0.805. The number of hydrogen-bond donors (Lipinski definition) is 1. The average molecular weight is 311 g/mol. The van der Waals surface area contributed by atoms with Crippen LogP contribution >= 0.6 is 0 Å². The number of hydrogen-bond acceptors (Lipinski definition) is 3. The minimum absolute atomic E-state index is 0.113. The van der Waals surface area contributed by atoms with Crippen LogP contribution in [-0.2, 0) is 11.3 Å². The molecular formula is C18H17NO4. The van der Waals surface area contributed by atoms with E-state index in [2.05, 4.69) is 6.58 Å². The lowest BCUT2D eigenvalue weighted by Crippen LogP contribution is -2.10. The summed E-state index contributed by atoms with van der Waals surface area (Å²) in [6.07, 6.45) is 2.18. The Morgan fingerprint density at radius 1 is 1.26 bits per heavy atom. The predicted molar refractivity (Wildman–Crippen MR) is 85.0 cm³/mol. The SMILES string of the molecule is C=CCOc1ccc(C(=O)c2ccc3n2CCC3C(=O)O)cc1. The molecule has 1 aromatic carbocycles. The highest BCUT2D eigenvalue weighted by Crippen LogP contribution is 2.31. The number of benzene rings is 1. The molecule has 0 bridgehead atoms. The predicted octanol–water partition coefficient (Wildman–Crippen LogP) is 2.86. The van der Waals surface area contributed by atoms with Crippen molar-refractivity contribution in [3.63, 3.8) is 0 Å². The zero-order valence-corrected chi connectivity index (χ0v) is 12.6. The van der Waals surface area contributed by atoms with E-state index in [0.717, 1.165) is 0 Å². The molecule has 1 N–H and O–H groups in total. The Morgan fingerprint density at radius 3 is 2.65 bits per heavy atom. The van der Waals surface area contributed by atoms with E-state index in [1.165, 1.54) is 0 Å². The van der Waals surface area contributed by atoms with Gasteiger partial charge in [-0.15, -0.1) is 0 Å². The van der Waals surface area contributed by atoms with E-state index >= 15 is 0 Å². The van der Waals surface area contributed by atoms with Gasteiger partial charge in [-0.3, -0.25) is 9.59 Å². The van der Waals surface area contributed by atoms with Gasteiger partial charge in [-0.2, -0.15) is 0 Å². The zero-order valence-electron chi connectivity index (χ0n) is 12.6. The molecule has 1 aliphatic rings. The van der Waals surface area contributed by atoms with Crippen molar-refractivity contribution in [3.8, 4) is 5.75 Å². The molecule has 2 heterocycles. The second kappa shape index (κ2) is 6.12. The lowest BCUT2D eigenvalue weighted by Gasteiger charge is -2.07. The van der Waals surface area contributed by atoms with E-state index in [1.807, 2.05) is 4.57 Å². The van der Waals surface area contributed by atoms with Gasteiger partial charge in [-0.25, -0.2) is 0 Å². The average Bonchev–Trinajstić information content (AvgIpc) is 3.14. The van der Waals surface area contributed by atoms with Gasteiger partial charge in [-0.05, 0) is 42.8 Å². The fourth-order valence-electron chi connectivity index (χ4n) is 2.90. The first kappa shape index (κ1) is 15.1. The van der Waals surface area contributed by atoms with Gasteiger partial charge in [-0.1, -0.05) is 12.7 Å². The standard InChI is InChI=1S/C18H17NO4/c1-2-11-23-13-5-3-12(4-6-13)17(20)16-8-7-15-14(18(21)22)9-10-19(15)16/h2-8,14H,1,9-11H2,(H,21,22). The lowest BCUT2D eigenvalue weighted by molar-refractivity contribution is -0.138. The number of ketones is 1. The molecule has 0 spiro atoms. The van der Waals surface area contributed by atoms with E-state index in [4.69, 9.17) is 4.74 Å². The molecule has 23 heavy (non-hydrogen) atoms. The van der Waals surface area contributed by atoms with Crippen LogP contribution in [0.1, 0.15) is 34.1 Å². The number of carbonyl (C=O) groups is 2. The number of fused-ring (bicyclic) bond motifs is 1. The van der Waals surface area contributed by atoms with Crippen molar-refractivity contribution < 1.29 is 19.4 Å². The van der Waals surface area contributed by atoms with Gasteiger partial charge in [0.1, 0.15) is 12.4 Å². The van der Waals surface area contributed by atoms with E-state index in [0.29, 0.717) is 42.3 Å². The van der Waals surface area contributed by atoms with Gasteiger partial charge in [0.05, 0.1) is 11.6 Å². The largest absolute Gasteiger partial charge is 0.490 e. The van der Waals surface area contributed by atoms with Crippen molar-refractivity contribution in [2.24, 2.45) is 0 Å². The van der Waals surface area contributed by atoms with E-state index in [1.54, 1.807) is 42.5 Å². The molecule has 0 aliphatic carbocycles. The Bertz CT molecular complexity index is 758. The normalized spacial score (nSPS) is 15.9. The van der Waals surface area contributed by atoms with Crippen LogP contribution in [0.2, 0.25) is 0 Å². The lowest BCUT2D eigenvalue weighted by atomic mass is 10.1. The molecule has 1 aromatic heterocycles. The summed E-state index contributed by atoms with van der Waals surface area (Å²) in [5.41, 5.74) is 1.78. The summed E-state index contributed by atoms with van der Waals surface area (Å²) in [5, 5.41) is 9.21. The topological polar surface area (TPSA) is 68.5 Å². The highest BCUT2D eigenvalue weighted by Gasteiger charge is 2.31. The zero-order chi connectivity index (χ0) is 16.4. The highest BCUT2D eigenvalue weighted by molar-refractivity contribution is 6.08. The molecule has 5 heteroatoms. The van der Waals surface area contributed by atoms with Crippen LogP contribution in [0.5, 0.6) is 5.75 Å². The Morgan fingerprint density at radius 2 is 2.00 bits per heavy atom. The maximum absolute atomic E-state index is 12.6. The number of nitrogens with zero attached hydrogens (tertiary/aromatic N) is 1. The number of aliphatic carboxylic acids is 1. The van der Waals surface area contributed by atoms with Crippen LogP contribution in [0, 0.1) is 0 Å². The number of carboxylic acids is 1. The molecule has 1 aliphatic heterocycles. The van der Waals surface area contributed by atoms with Crippen LogP contribution < -0.4 is 4.74 Å². The summed E-state index contributed by atoms with van der Waals surface area (Å²) in [6, 6.07) is 10.3. The van der Waals surface area contributed by atoms with Crippen LogP contribution in [0.25, 0.3) is 0 Å². The van der Waals surface area contributed by atoms with Crippen molar-refractivity contribution in [2.45, 2.75) is 18.9 Å². The Hall–Kier alpha value is -2.82. The summed E-state index contributed by atoms with van der Waals surface area (Å²) < 4.78 is 7.20. The van der Waals surface area contributed by atoms with Crippen molar-refractivity contribution >= 4 is 11.8 Å². The summed E-state index contributed by atoms with van der Waals surface area (Å²) in [6.45, 7) is 4.55. The van der Waals surface area contributed by atoms with Gasteiger partial charge in [0.25, 0.3) is 0 Å². The number of aromatic nitrogens is 1. The van der Waals surface area contributed by atoms with Crippen LogP contribution in [0.4, 0.5) is 0 Å². The summed E-state index contributed by atoms with van der Waals surface area (Å²) in [4.78, 5) is 23.9.